The SMILES string of the molecule is c1ccc(CNCC2(CNCc3ccccc3)CCC(SSC3CCC(CNCc4ccccc4)(CNCc4ccccc4)CC3)CC2)cc1. The van der Waals surface area contributed by atoms with Crippen LogP contribution >= 0.6 is 21.6 Å². The maximum atomic E-state index is 3.85. The van der Waals surface area contributed by atoms with Gasteiger partial charge in [-0.2, -0.15) is 0 Å². The Hall–Kier alpha value is -2.58. The molecule has 0 bridgehead atoms. The van der Waals surface area contributed by atoms with E-state index >= 15 is 0 Å². The Morgan fingerprint density at radius 3 is 0.860 bits per heavy atom. The molecule has 6 rings (SSSR count). The fourth-order valence-corrected chi connectivity index (χ4v) is 11.1. The van der Waals surface area contributed by atoms with Gasteiger partial charge in [0.2, 0.25) is 0 Å². The third kappa shape index (κ3) is 12.0. The molecule has 4 aromatic rings. The summed E-state index contributed by atoms with van der Waals surface area (Å²) in [5, 5.41) is 16.9. The number of rotatable bonds is 19. The number of hydrogen-bond donors (Lipinski definition) is 4. The van der Waals surface area contributed by atoms with E-state index in [9.17, 15) is 0 Å². The molecule has 0 aliphatic heterocycles. The molecule has 4 aromatic carbocycles. The lowest BCUT2D eigenvalue weighted by Crippen LogP contribution is -2.45. The summed E-state index contributed by atoms with van der Waals surface area (Å²) < 4.78 is 0. The monoisotopic (exact) mass is 706 g/mol. The summed E-state index contributed by atoms with van der Waals surface area (Å²) in [5.74, 6) is 0. The highest BCUT2D eigenvalue weighted by molar-refractivity contribution is 8.77. The highest BCUT2D eigenvalue weighted by atomic mass is 33.1. The van der Waals surface area contributed by atoms with Crippen LogP contribution in [0.15, 0.2) is 121 Å². The van der Waals surface area contributed by atoms with E-state index in [1.54, 1.807) is 0 Å². The van der Waals surface area contributed by atoms with Gasteiger partial charge in [-0.3, -0.25) is 0 Å². The smallest absolute Gasteiger partial charge is 0.0205 e. The Morgan fingerprint density at radius 2 is 0.620 bits per heavy atom. The quantitative estimate of drug-likeness (QED) is 0.0730. The lowest BCUT2D eigenvalue weighted by molar-refractivity contribution is 0.177. The van der Waals surface area contributed by atoms with Crippen molar-refractivity contribution < 1.29 is 0 Å². The van der Waals surface area contributed by atoms with Crippen molar-refractivity contribution in [1.29, 1.82) is 0 Å². The number of nitrogens with one attached hydrogen (secondary N) is 4. The first-order valence-corrected chi connectivity index (χ1v) is 21.3. The van der Waals surface area contributed by atoms with Crippen LogP contribution in [0.2, 0.25) is 0 Å². The molecular formula is C44H58N4S2. The van der Waals surface area contributed by atoms with E-state index in [0.717, 1.165) is 62.9 Å². The molecule has 0 spiro atoms. The minimum absolute atomic E-state index is 0.315. The first kappa shape index (κ1) is 37.2. The second-order valence-corrected chi connectivity index (χ2v) is 17.8. The van der Waals surface area contributed by atoms with Gasteiger partial charge in [0.05, 0.1) is 0 Å². The molecule has 266 valence electrons. The van der Waals surface area contributed by atoms with Crippen LogP contribution in [0.5, 0.6) is 0 Å². The predicted octanol–water partition coefficient (Wildman–Crippen LogP) is 9.38. The molecular weight excluding hydrogens is 649 g/mol. The van der Waals surface area contributed by atoms with Crippen molar-refractivity contribution in [3.63, 3.8) is 0 Å². The lowest BCUT2D eigenvalue weighted by atomic mass is 9.73. The lowest BCUT2D eigenvalue weighted by Gasteiger charge is -2.42. The predicted molar refractivity (Wildman–Crippen MR) is 217 cm³/mol. The highest BCUT2D eigenvalue weighted by Gasteiger charge is 2.37. The van der Waals surface area contributed by atoms with Gasteiger partial charge in [-0.1, -0.05) is 143 Å². The van der Waals surface area contributed by atoms with Crippen LogP contribution in [0.4, 0.5) is 0 Å². The van der Waals surface area contributed by atoms with Crippen molar-refractivity contribution in [2.45, 2.75) is 88.0 Å². The van der Waals surface area contributed by atoms with Crippen LogP contribution in [0, 0.1) is 10.8 Å². The second-order valence-electron chi connectivity index (χ2n) is 14.9. The fourth-order valence-electron chi connectivity index (χ4n) is 7.86. The molecule has 0 radical (unpaired) electrons. The maximum Gasteiger partial charge on any atom is 0.0205 e. The van der Waals surface area contributed by atoms with Crippen LogP contribution in [-0.2, 0) is 26.2 Å². The van der Waals surface area contributed by atoms with Crippen LogP contribution < -0.4 is 21.3 Å². The largest absolute Gasteiger partial charge is 0.312 e. The Bertz CT molecular complexity index is 1260. The molecule has 4 nitrogen and oxygen atoms in total. The van der Waals surface area contributed by atoms with Crippen LogP contribution in [0.3, 0.4) is 0 Å². The van der Waals surface area contributed by atoms with Crippen LogP contribution in [-0.4, -0.2) is 36.7 Å². The van der Waals surface area contributed by atoms with Crippen LogP contribution in [0.25, 0.3) is 0 Å². The third-order valence-electron chi connectivity index (χ3n) is 11.0. The number of benzene rings is 4. The topological polar surface area (TPSA) is 48.1 Å². The van der Waals surface area contributed by atoms with Crippen molar-refractivity contribution in [1.82, 2.24) is 21.3 Å². The summed E-state index contributed by atoms with van der Waals surface area (Å²) >= 11 is 0. The average Bonchev–Trinajstić information content (AvgIpc) is 3.17. The molecule has 0 heterocycles. The van der Waals surface area contributed by atoms with Crippen molar-refractivity contribution in [2.75, 3.05) is 26.2 Å². The summed E-state index contributed by atoms with van der Waals surface area (Å²) in [6.07, 6.45) is 10.5. The van der Waals surface area contributed by atoms with Gasteiger partial charge in [0.25, 0.3) is 0 Å². The van der Waals surface area contributed by atoms with E-state index in [1.165, 1.54) is 73.6 Å². The van der Waals surface area contributed by atoms with Gasteiger partial charge < -0.3 is 21.3 Å². The summed E-state index contributed by atoms with van der Waals surface area (Å²) in [7, 11) is 4.44. The van der Waals surface area contributed by atoms with Crippen molar-refractivity contribution >= 4 is 21.6 Å². The zero-order valence-electron chi connectivity index (χ0n) is 29.8. The van der Waals surface area contributed by atoms with Gasteiger partial charge in [0, 0.05) is 62.9 Å². The molecule has 2 aliphatic rings. The standard InChI is InChI=1S/C44H58N4S2/c1-5-13-37(14-6-1)29-45-33-43(34-46-30-38-15-7-2-8-16-38)25-21-41(22-26-43)49-50-42-23-27-44(28-24-42,35-47-31-39-17-9-3-10-18-39)36-48-32-40-19-11-4-12-20-40/h1-20,41-42,45-48H,21-36H2. The summed E-state index contributed by atoms with van der Waals surface area (Å²) in [4.78, 5) is 0. The average molecular weight is 707 g/mol. The van der Waals surface area contributed by atoms with Gasteiger partial charge in [0.15, 0.2) is 0 Å². The number of hydrogen-bond acceptors (Lipinski definition) is 6. The van der Waals surface area contributed by atoms with E-state index in [2.05, 4.69) is 164 Å². The molecule has 4 N–H and O–H groups in total. The van der Waals surface area contributed by atoms with Gasteiger partial charge >= 0.3 is 0 Å². The molecule has 0 atom stereocenters. The molecule has 0 unspecified atom stereocenters. The van der Waals surface area contributed by atoms with Crippen molar-refractivity contribution in [3.8, 4) is 0 Å². The first-order chi connectivity index (χ1) is 24.7. The Labute approximate surface area is 310 Å². The maximum absolute atomic E-state index is 3.85. The molecule has 2 saturated carbocycles. The molecule has 0 saturated heterocycles. The first-order valence-electron chi connectivity index (χ1n) is 19.0. The van der Waals surface area contributed by atoms with Gasteiger partial charge in [0.1, 0.15) is 0 Å². The minimum atomic E-state index is 0.315. The molecule has 0 aromatic heterocycles. The van der Waals surface area contributed by atoms with E-state index in [-0.39, 0.29) is 0 Å². The zero-order valence-corrected chi connectivity index (χ0v) is 31.5. The molecule has 50 heavy (non-hydrogen) atoms. The minimum Gasteiger partial charge on any atom is -0.312 e. The van der Waals surface area contributed by atoms with E-state index in [4.69, 9.17) is 0 Å². The summed E-state index contributed by atoms with van der Waals surface area (Å²) in [6, 6.07) is 43.4. The van der Waals surface area contributed by atoms with E-state index in [0.29, 0.717) is 10.8 Å². The van der Waals surface area contributed by atoms with E-state index in [1.807, 2.05) is 0 Å². The zero-order chi connectivity index (χ0) is 34.2. The summed E-state index contributed by atoms with van der Waals surface area (Å²) in [5.41, 5.74) is 6.11. The third-order valence-corrected chi connectivity index (χ3v) is 14.6. The Balaban J connectivity index is 0.965. The molecule has 6 heteroatoms. The van der Waals surface area contributed by atoms with Crippen molar-refractivity contribution in [2.24, 2.45) is 10.8 Å². The summed E-state index contributed by atoms with van der Waals surface area (Å²) in [6.45, 7) is 8.10. The molecule has 0 amide bonds. The van der Waals surface area contributed by atoms with Gasteiger partial charge in [-0.25, -0.2) is 0 Å². The fraction of sp³-hybridized carbons (Fsp3) is 0.455. The molecule has 2 aliphatic carbocycles. The Morgan fingerprint density at radius 1 is 0.380 bits per heavy atom. The second kappa shape index (κ2) is 19.9. The van der Waals surface area contributed by atoms with E-state index < -0.39 is 0 Å². The van der Waals surface area contributed by atoms with Gasteiger partial charge in [-0.05, 0) is 84.5 Å². The van der Waals surface area contributed by atoms with Crippen LogP contribution in [0.1, 0.15) is 73.6 Å². The highest BCUT2D eigenvalue weighted by Crippen LogP contribution is 2.48. The Kier molecular flexibility index (Phi) is 14.8. The molecule has 2 fully saturated rings. The van der Waals surface area contributed by atoms with Gasteiger partial charge in [-0.15, -0.1) is 0 Å². The van der Waals surface area contributed by atoms with Crippen molar-refractivity contribution in [3.05, 3.63) is 144 Å². The normalized spacial score (nSPS) is 17.8.